The van der Waals surface area contributed by atoms with Crippen molar-refractivity contribution < 1.29 is 9.53 Å². The van der Waals surface area contributed by atoms with E-state index < -0.39 is 0 Å². The Morgan fingerprint density at radius 1 is 1.36 bits per heavy atom. The maximum absolute atomic E-state index is 12.3. The molecule has 2 fully saturated rings. The van der Waals surface area contributed by atoms with E-state index in [0.717, 1.165) is 56.0 Å². The summed E-state index contributed by atoms with van der Waals surface area (Å²) in [6.07, 6.45) is 2.83. The van der Waals surface area contributed by atoms with Crippen molar-refractivity contribution in [1.29, 1.82) is 0 Å². The number of para-hydroxylation sites is 2. The SMILES string of the molecule is O=C(C[C@@H]1CCCOC1)N1CC(c2nc3ccccc3[nH]2)C1. The first-order valence-electron chi connectivity index (χ1n) is 8.10. The number of carbonyl (C=O) groups is 1. The highest BCUT2D eigenvalue weighted by Gasteiger charge is 2.34. The minimum atomic E-state index is 0.267. The summed E-state index contributed by atoms with van der Waals surface area (Å²) < 4.78 is 5.45. The average Bonchev–Trinajstić information content (AvgIpc) is 2.90. The van der Waals surface area contributed by atoms with Crippen LogP contribution in [0.25, 0.3) is 11.0 Å². The molecule has 0 radical (unpaired) electrons. The van der Waals surface area contributed by atoms with Crippen molar-refractivity contribution in [3.05, 3.63) is 30.1 Å². The highest BCUT2D eigenvalue weighted by molar-refractivity contribution is 5.78. The van der Waals surface area contributed by atoms with Gasteiger partial charge < -0.3 is 14.6 Å². The number of nitrogens with one attached hydrogen (secondary N) is 1. The number of likely N-dealkylation sites (tertiary alicyclic amines) is 1. The molecule has 5 nitrogen and oxygen atoms in total. The molecule has 2 aliphatic rings. The number of rotatable bonds is 3. The van der Waals surface area contributed by atoms with E-state index in [1.54, 1.807) is 0 Å². The zero-order valence-electron chi connectivity index (χ0n) is 12.6. The summed E-state index contributed by atoms with van der Waals surface area (Å²) in [7, 11) is 0. The molecule has 3 heterocycles. The molecule has 0 saturated carbocycles. The van der Waals surface area contributed by atoms with Crippen molar-refractivity contribution >= 4 is 16.9 Å². The number of hydrogen-bond donors (Lipinski definition) is 1. The van der Waals surface area contributed by atoms with Crippen molar-refractivity contribution in [2.45, 2.75) is 25.2 Å². The molecule has 0 spiro atoms. The van der Waals surface area contributed by atoms with Gasteiger partial charge in [-0.05, 0) is 30.9 Å². The lowest BCUT2D eigenvalue weighted by Gasteiger charge is -2.39. The van der Waals surface area contributed by atoms with Gasteiger partial charge in [0.2, 0.25) is 5.91 Å². The highest BCUT2D eigenvalue weighted by Crippen LogP contribution is 2.28. The number of nitrogens with zero attached hydrogens (tertiary/aromatic N) is 2. The van der Waals surface area contributed by atoms with Crippen LogP contribution in [0.5, 0.6) is 0 Å². The van der Waals surface area contributed by atoms with Crippen molar-refractivity contribution in [3.8, 4) is 0 Å². The first kappa shape index (κ1) is 13.8. The van der Waals surface area contributed by atoms with Crippen LogP contribution >= 0.6 is 0 Å². The molecule has 22 heavy (non-hydrogen) atoms. The van der Waals surface area contributed by atoms with Gasteiger partial charge in [0.05, 0.1) is 17.0 Å². The topological polar surface area (TPSA) is 58.2 Å². The smallest absolute Gasteiger partial charge is 0.222 e. The minimum absolute atomic E-state index is 0.267. The molecule has 116 valence electrons. The Labute approximate surface area is 129 Å². The highest BCUT2D eigenvalue weighted by atomic mass is 16.5. The van der Waals surface area contributed by atoms with E-state index in [1.807, 2.05) is 29.2 Å². The number of aromatic nitrogens is 2. The van der Waals surface area contributed by atoms with Crippen LogP contribution < -0.4 is 0 Å². The van der Waals surface area contributed by atoms with Gasteiger partial charge in [0.1, 0.15) is 5.82 Å². The first-order valence-corrected chi connectivity index (χ1v) is 8.10. The number of benzene rings is 1. The molecule has 5 heteroatoms. The second-order valence-electron chi connectivity index (χ2n) is 6.42. The summed E-state index contributed by atoms with van der Waals surface area (Å²) in [5.41, 5.74) is 2.07. The fourth-order valence-corrected chi connectivity index (χ4v) is 3.37. The lowest BCUT2D eigenvalue weighted by atomic mass is 9.94. The Balaban J connectivity index is 1.34. The van der Waals surface area contributed by atoms with Gasteiger partial charge in [-0.25, -0.2) is 4.98 Å². The summed E-state index contributed by atoms with van der Waals surface area (Å²) >= 11 is 0. The Morgan fingerprint density at radius 2 is 2.23 bits per heavy atom. The van der Waals surface area contributed by atoms with Crippen LogP contribution in [0.2, 0.25) is 0 Å². The van der Waals surface area contributed by atoms with Crippen LogP contribution in [0.3, 0.4) is 0 Å². The number of H-pyrrole nitrogens is 1. The van der Waals surface area contributed by atoms with Gasteiger partial charge in [0, 0.05) is 32.7 Å². The number of carbonyl (C=O) groups excluding carboxylic acids is 1. The molecule has 1 aromatic carbocycles. The molecule has 1 amide bonds. The van der Waals surface area contributed by atoms with E-state index in [2.05, 4.69) is 9.97 Å². The molecule has 1 aromatic heterocycles. The van der Waals surface area contributed by atoms with E-state index in [4.69, 9.17) is 4.74 Å². The predicted molar refractivity (Wildman–Crippen MR) is 83.6 cm³/mol. The molecule has 2 saturated heterocycles. The third-order valence-electron chi connectivity index (χ3n) is 4.75. The van der Waals surface area contributed by atoms with Crippen molar-refractivity contribution in [2.24, 2.45) is 5.92 Å². The van der Waals surface area contributed by atoms with Crippen LogP contribution in [0.15, 0.2) is 24.3 Å². The van der Waals surface area contributed by atoms with Gasteiger partial charge >= 0.3 is 0 Å². The van der Waals surface area contributed by atoms with E-state index in [-0.39, 0.29) is 5.91 Å². The predicted octanol–water partition coefficient (Wildman–Crippen LogP) is 2.31. The molecule has 1 N–H and O–H groups in total. The summed E-state index contributed by atoms with van der Waals surface area (Å²) in [5, 5.41) is 0. The summed E-state index contributed by atoms with van der Waals surface area (Å²) in [4.78, 5) is 22.2. The van der Waals surface area contributed by atoms with Crippen molar-refractivity contribution in [3.63, 3.8) is 0 Å². The average molecular weight is 299 g/mol. The Hall–Kier alpha value is -1.88. The number of imidazole rings is 1. The lowest BCUT2D eigenvalue weighted by molar-refractivity contribution is -0.137. The third kappa shape index (κ3) is 2.61. The van der Waals surface area contributed by atoms with Crippen LogP contribution in [-0.2, 0) is 9.53 Å². The van der Waals surface area contributed by atoms with E-state index >= 15 is 0 Å². The molecule has 2 aromatic rings. The summed E-state index contributed by atoms with van der Waals surface area (Å²) in [5.74, 6) is 2.03. The van der Waals surface area contributed by atoms with Gasteiger partial charge in [0.15, 0.2) is 0 Å². The quantitative estimate of drug-likeness (QED) is 0.946. The van der Waals surface area contributed by atoms with Crippen LogP contribution in [-0.4, -0.2) is 47.1 Å². The monoisotopic (exact) mass is 299 g/mol. The number of aromatic amines is 1. The molecule has 0 bridgehead atoms. The van der Waals surface area contributed by atoms with Gasteiger partial charge in [-0.1, -0.05) is 12.1 Å². The Bertz CT molecular complexity index is 636. The van der Waals surface area contributed by atoms with Gasteiger partial charge in [-0.15, -0.1) is 0 Å². The number of ether oxygens (including phenoxy) is 1. The van der Waals surface area contributed by atoms with Crippen molar-refractivity contribution in [1.82, 2.24) is 14.9 Å². The van der Waals surface area contributed by atoms with Gasteiger partial charge in [-0.2, -0.15) is 0 Å². The van der Waals surface area contributed by atoms with Crippen molar-refractivity contribution in [2.75, 3.05) is 26.3 Å². The molecule has 0 unspecified atom stereocenters. The fraction of sp³-hybridized carbons (Fsp3) is 0.529. The maximum atomic E-state index is 12.3. The van der Waals surface area contributed by atoms with E-state index in [1.165, 1.54) is 0 Å². The number of hydrogen-bond acceptors (Lipinski definition) is 3. The van der Waals surface area contributed by atoms with Gasteiger partial charge in [0.25, 0.3) is 0 Å². The largest absolute Gasteiger partial charge is 0.381 e. The Morgan fingerprint density at radius 3 is 3.00 bits per heavy atom. The van der Waals surface area contributed by atoms with Gasteiger partial charge in [-0.3, -0.25) is 4.79 Å². The number of fused-ring (bicyclic) bond motifs is 1. The molecule has 2 aliphatic heterocycles. The molecular weight excluding hydrogens is 278 g/mol. The summed E-state index contributed by atoms with van der Waals surface area (Å²) in [6.45, 7) is 3.16. The molecule has 4 rings (SSSR count). The number of amides is 1. The van der Waals surface area contributed by atoms with Crippen LogP contribution in [0.1, 0.15) is 31.0 Å². The molecule has 0 aliphatic carbocycles. The minimum Gasteiger partial charge on any atom is -0.381 e. The van der Waals surface area contributed by atoms with Crippen LogP contribution in [0.4, 0.5) is 0 Å². The first-order chi connectivity index (χ1) is 10.8. The zero-order chi connectivity index (χ0) is 14.9. The molecular formula is C17H21N3O2. The second kappa shape index (κ2) is 5.72. The molecule has 1 atom stereocenters. The summed E-state index contributed by atoms with van der Waals surface area (Å²) in [6, 6.07) is 8.05. The van der Waals surface area contributed by atoms with E-state index in [9.17, 15) is 4.79 Å². The lowest BCUT2D eigenvalue weighted by Crippen LogP contribution is -2.49. The maximum Gasteiger partial charge on any atom is 0.222 e. The third-order valence-corrected chi connectivity index (χ3v) is 4.75. The zero-order valence-corrected chi connectivity index (χ0v) is 12.6. The fourth-order valence-electron chi connectivity index (χ4n) is 3.37. The van der Waals surface area contributed by atoms with E-state index in [0.29, 0.717) is 18.3 Å². The Kier molecular flexibility index (Phi) is 3.58. The normalized spacial score (nSPS) is 22.7. The van der Waals surface area contributed by atoms with Crippen LogP contribution in [0, 0.1) is 5.92 Å². The standard InChI is InChI=1S/C17H21N3O2/c21-16(8-12-4-3-7-22-11-12)20-9-13(10-20)17-18-14-5-1-2-6-15(14)19-17/h1-2,5-6,12-13H,3-4,7-11H2,(H,18,19)/t12-/m0/s1. The second-order valence-corrected chi connectivity index (χ2v) is 6.42.